The lowest BCUT2D eigenvalue weighted by atomic mass is 10.2. The molecule has 1 heterocycles. The highest BCUT2D eigenvalue weighted by molar-refractivity contribution is 5.75. The number of carbonyl (C=O) groups excluding carboxylic acids is 1. The number of hydrogen-bond acceptors (Lipinski definition) is 5. The van der Waals surface area contributed by atoms with Gasteiger partial charge in [-0.2, -0.15) is 0 Å². The molecule has 0 fully saturated rings. The van der Waals surface area contributed by atoms with E-state index in [0.29, 0.717) is 5.69 Å². The summed E-state index contributed by atoms with van der Waals surface area (Å²) < 4.78 is 0. The van der Waals surface area contributed by atoms with Crippen molar-refractivity contribution < 1.29 is 9.72 Å². The minimum atomic E-state index is -0.535. The maximum absolute atomic E-state index is 10.7. The third-order valence-electron chi connectivity index (χ3n) is 1.91. The van der Waals surface area contributed by atoms with E-state index < -0.39 is 10.8 Å². The van der Waals surface area contributed by atoms with Crippen LogP contribution in [0.25, 0.3) is 0 Å². The molecule has 0 aromatic carbocycles. The largest absolute Gasteiger partial charge is 0.376 e. The van der Waals surface area contributed by atoms with E-state index in [0.717, 1.165) is 6.20 Å². The number of amides is 1. The van der Waals surface area contributed by atoms with Crippen LogP contribution < -0.4 is 11.1 Å². The number of rotatable bonds is 5. The van der Waals surface area contributed by atoms with Crippen LogP contribution in [0.4, 0.5) is 11.4 Å². The molecule has 1 rings (SSSR count). The quantitative estimate of drug-likeness (QED) is 0.563. The van der Waals surface area contributed by atoms with Gasteiger partial charge in [-0.3, -0.25) is 19.9 Å². The van der Waals surface area contributed by atoms with E-state index in [4.69, 9.17) is 5.73 Å². The third kappa shape index (κ3) is 3.19. The molecule has 7 heteroatoms. The maximum atomic E-state index is 10.7. The van der Waals surface area contributed by atoms with Gasteiger partial charge in [-0.15, -0.1) is 0 Å². The molecule has 0 radical (unpaired) electrons. The molecule has 0 aliphatic rings. The SMILES string of the molecule is CC(CC(N)=O)Nc1ccncc1[N+](=O)[O-]. The van der Waals surface area contributed by atoms with Crippen LogP contribution in [0.1, 0.15) is 13.3 Å². The first-order valence-corrected chi connectivity index (χ1v) is 4.64. The highest BCUT2D eigenvalue weighted by Crippen LogP contribution is 2.22. The van der Waals surface area contributed by atoms with Crippen molar-refractivity contribution in [2.24, 2.45) is 5.73 Å². The van der Waals surface area contributed by atoms with E-state index in [1.807, 2.05) is 0 Å². The normalized spacial score (nSPS) is 11.8. The predicted octanol–water partition coefficient (Wildman–Crippen LogP) is 0.666. The molecule has 3 N–H and O–H groups in total. The molecule has 1 aromatic rings. The van der Waals surface area contributed by atoms with Gasteiger partial charge in [0.05, 0.1) is 4.92 Å². The number of nitrogens with zero attached hydrogens (tertiary/aromatic N) is 2. The van der Waals surface area contributed by atoms with E-state index in [9.17, 15) is 14.9 Å². The fourth-order valence-electron chi connectivity index (χ4n) is 1.27. The second kappa shape index (κ2) is 5.06. The van der Waals surface area contributed by atoms with Gasteiger partial charge in [0.15, 0.2) is 0 Å². The summed E-state index contributed by atoms with van der Waals surface area (Å²) in [6.07, 6.45) is 2.70. The van der Waals surface area contributed by atoms with Crippen LogP contribution in [0.5, 0.6) is 0 Å². The Hall–Kier alpha value is -2.18. The fourth-order valence-corrected chi connectivity index (χ4v) is 1.27. The number of pyridine rings is 1. The second-order valence-corrected chi connectivity index (χ2v) is 3.37. The number of anilines is 1. The number of hydrogen-bond donors (Lipinski definition) is 2. The van der Waals surface area contributed by atoms with Gasteiger partial charge < -0.3 is 11.1 Å². The molecule has 1 aromatic heterocycles. The molecule has 0 bridgehead atoms. The third-order valence-corrected chi connectivity index (χ3v) is 1.91. The Bertz CT molecular complexity index is 407. The predicted molar refractivity (Wildman–Crippen MR) is 57.8 cm³/mol. The molecule has 1 amide bonds. The number of primary amides is 1. The standard InChI is InChI=1S/C9H12N4O3/c1-6(4-9(10)14)12-7-2-3-11-5-8(7)13(15)16/h2-3,5-6H,4H2,1H3,(H2,10,14)(H,11,12). The minimum Gasteiger partial charge on any atom is -0.376 e. The first kappa shape index (κ1) is 11.9. The van der Waals surface area contributed by atoms with E-state index in [1.165, 1.54) is 12.3 Å². The maximum Gasteiger partial charge on any atom is 0.310 e. The van der Waals surface area contributed by atoms with Crippen molar-refractivity contribution in [3.8, 4) is 0 Å². The van der Waals surface area contributed by atoms with Gasteiger partial charge in [0.25, 0.3) is 0 Å². The van der Waals surface area contributed by atoms with Crippen LogP contribution in [0, 0.1) is 10.1 Å². The molecular weight excluding hydrogens is 212 g/mol. The summed E-state index contributed by atoms with van der Waals surface area (Å²) in [6.45, 7) is 1.72. The number of aromatic nitrogens is 1. The summed E-state index contributed by atoms with van der Waals surface area (Å²) >= 11 is 0. The van der Waals surface area contributed by atoms with Gasteiger partial charge in [-0.1, -0.05) is 0 Å². The lowest BCUT2D eigenvalue weighted by molar-refractivity contribution is -0.384. The molecular formula is C9H12N4O3. The van der Waals surface area contributed by atoms with Crippen molar-refractivity contribution in [3.05, 3.63) is 28.6 Å². The molecule has 16 heavy (non-hydrogen) atoms. The number of nitro groups is 1. The number of carbonyl (C=O) groups is 1. The van der Waals surface area contributed by atoms with Crippen molar-refractivity contribution in [2.45, 2.75) is 19.4 Å². The minimum absolute atomic E-state index is 0.111. The Balaban J connectivity index is 2.80. The van der Waals surface area contributed by atoms with Crippen molar-refractivity contribution in [1.82, 2.24) is 4.98 Å². The number of nitrogens with two attached hydrogens (primary N) is 1. The summed E-state index contributed by atoms with van der Waals surface area (Å²) in [7, 11) is 0. The first-order chi connectivity index (χ1) is 7.50. The van der Waals surface area contributed by atoms with E-state index >= 15 is 0 Å². The average Bonchev–Trinajstić information content (AvgIpc) is 2.16. The molecule has 0 aliphatic carbocycles. The lowest BCUT2D eigenvalue weighted by Gasteiger charge is -2.12. The summed E-state index contributed by atoms with van der Waals surface area (Å²) in [5.74, 6) is -0.461. The highest BCUT2D eigenvalue weighted by Gasteiger charge is 2.15. The van der Waals surface area contributed by atoms with Crippen molar-refractivity contribution in [3.63, 3.8) is 0 Å². The fraction of sp³-hybridized carbons (Fsp3) is 0.333. The van der Waals surface area contributed by atoms with Crippen molar-refractivity contribution in [2.75, 3.05) is 5.32 Å². The molecule has 0 spiro atoms. The van der Waals surface area contributed by atoms with Crippen LogP contribution in [-0.4, -0.2) is 21.9 Å². The number of nitrogens with one attached hydrogen (secondary N) is 1. The molecule has 0 aliphatic heterocycles. The van der Waals surface area contributed by atoms with E-state index in [1.54, 1.807) is 6.92 Å². The Morgan fingerprint density at radius 1 is 1.75 bits per heavy atom. The van der Waals surface area contributed by atoms with Gasteiger partial charge >= 0.3 is 5.69 Å². The zero-order valence-corrected chi connectivity index (χ0v) is 8.71. The second-order valence-electron chi connectivity index (χ2n) is 3.37. The topological polar surface area (TPSA) is 111 Å². The summed E-state index contributed by atoms with van der Waals surface area (Å²) in [5.41, 5.74) is 5.22. The summed E-state index contributed by atoms with van der Waals surface area (Å²) in [4.78, 5) is 24.4. The van der Waals surface area contributed by atoms with Crippen LogP contribution in [0.2, 0.25) is 0 Å². The Morgan fingerprint density at radius 2 is 2.44 bits per heavy atom. The van der Waals surface area contributed by atoms with Crippen LogP contribution in [0.15, 0.2) is 18.5 Å². The molecule has 7 nitrogen and oxygen atoms in total. The van der Waals surface area contributed by atoms with Crippen molar-refractivity contribution in [1.29, 1.82) is 0 Å². The summed E-state index contributed by atoms with van der Waals surface area (Å²) in [6, 6.07) is 1.22. The van der Waals surface area contributed by atoms with E-state index in [-0.39, 0.29) is 18.2 Å². The molecule has 1 atom stereocenters. The van der Waals surface area contributed by atoms with Gasteiger partial charge in [0.1, 0.15) is 11.9 Å². The zero-order valence-electron chi connectivity index (χ0n) is 8.71. The Morgan fingerprint density at radius 3 is 3.00 bits per heavy atom. The van der Waals surface area contributed by atoms with Crippen LogP contribution in [-0.2, 0) is 4.79 Å². The van der Waals surface area contributed by atoms with Gasteiger partial charge in [0, 0.05) is 18.7 Å². The lowest BCUT2D eigenvalue weighted by Crippen LogP contribution is -2.24. The average molecular weight is 224 g/mol. The molecule has 0 saturated heterocycles. The highest BCUT2D eigenvalue weighted by atomic mass is 16.6. The molecule has 0 saturated carbocycles. The smallest absolute Gasteiger partial charge is 0.310 e. The first-order valence-electron chi connectivity index (χ1n) is 4.64. The van der Waals surface area contributed by atoms with Crippen molar-refractivity contribution >= 4 is 17.3 Å². The van der Waals surface area contributed by atoms with Gasteiger partial charge in [0.2, 0.25) is 5.91 Å². The zero-order chi connectivity index (χ0) is 12.1. The van der Waals surface area contributed by atoms with Crippen LogP contribution >= 0.6 is 0 Å². The van der Waals surface area contributed by atoms with Crippen LogP contribution in [0.3, 0.4) is 0 Å². The molecule has 1 unspecified atom stereocenters. The van der Waals surface area contributed by atoms with Gasteiger partial charge in [-0.05, 0) is 13.0 Å². The Labute approximate surface area is 91.8 Å². The monoisotopic (exact) mass is 224 g/mol. The van der Waals surface area contributed by atoms with E-state index in [2.05, 4.69) is 10.3 Å². The van der Waals surface area contributed by atoms with Gasteiger partial charge in [-0.25, -0.2) is 0 Å². The molecule has 86 valence electrons. The summed E-state index contributed by atoms with van der Waals surface area (Å²) in [5, 5.41) is 13.5. The Kier molecular flexibility index (Phi) is 3.76.